The maximum Gasteiger partial charge on any atom is 0.259 e. The Morgan fingerprint density at radius 2 is 1.95 bits per heavy atom. The lowest BCUT2D eigenvalue weighted by Crippen LogP contribution is -2.08. The summed E-state index contributed by atoms with van der Waals surface area (Å²) in [5.74, 6) is 0.978. The molecule has 0 fully saturated rings. The lowest BCUT2D eigenvalue weighted by atomic mass is 10.2. The van der Waals surface area contributed by atoms with Gasteiger partial charge in [0.15, 0.2) is 11.5 Å². The number of rotatable bonds is 4. The van der Waals surface area contributed by atoms with E-state index >= 15 is 0 Å². The minimum absolute atomic E-state index is 0.0394. The van der Waals surface area contributed by atoms with Crippen LogP contribution in [-0.2, 0) is 6.61 Å². The third-order valence-corrected chi connectivity index (χ3v) is 3.38. The van der Waals surface area contributed by atoms with Gasteiger partial charge in [-0.1, -0.05) is 30.3 Å². The molecule has 112 valence electrons. The molecule has 0 aliphatic carbocycles. The highest BCUT2D eigenvalue weighted by Gasteiger charge is 2.11. The summed E-state index contributed by atoms with van der Waals surface area (Å²) in [5, 5.41) is 0.436. The molecule has 2 aromatic carbocycles. The minimum atomic E-state index is -0.317. The van der Waals surface area contributed by atoms with Gasteiger partial charge in [0.2, 0.25) is 5.28 Å². The number of aromatic nitrogens is 2. The molecular formula is C16H13ClN2O3. The number of aromatic amines is 1. The first-order valence-electron chi connectivity index (χ1n) is 6.61. The molecule has 0 amide bonds. The predicted molar refractivity (Wildman–Crippen MR) is 84.7 cm³/mol. The van der Waals surface area contributed by atoms with Crippen LogP contribution in [0.4, 0.5) is 0 Å². The smallest absolute Gasteiger partial charge is 0.259 e. The van der Waals surface area contributed by atoms with Crippen LogP contribution in [0.1, 0.15) is 5.56 Å². The quantitative estimate of drug-likeness (QED) is 0.751. The number of hydrogen-bond donors (Lipinski definition) is 1. The number of methoxy groups -OCH3 is 1. The van der Waals surface area contributed by atoms with Crippen molar-refractivity contribution < 1.29 is 9.47 Å². The van der Waals surface area contributed by atoms with E-state index in [9.17, 15) is 4.79 Å². The number of H-pyrrole nitrogens is 1. The van der Waals surface area contributed by atoms with Gasteiger partial charge in [-0.15, -0.1) is 0 Å². The molecule has 0 saturated carbocycles. The van der Waals surface area contributed by atoms with Crippen LogP contribution in [0.25, 0.3) is 10.9 Å². The van der Waals surface area contributed by atoms with E-state index in [-0.39, 0.29) is 10.8 Å². The highest BCUT2D eigenvalue weighted by Crippen LogP contribution is 2.31. The number of halogens is 1. The summed E-state index contributed by atoms with van der Waals surface area (Å²) < 4.78 is 11.1. The summed E-state index contributed by atoms with van der Waals surface area (Å²) in [4.78, 5) is 18.5. The van der Waals surface area contributed by atoms with Crippen molar-refractivity contribution in [2.75, 3.05) is 7.11 Å². The van der Waals surface area contributed by atoms with E-state index in [0.29, 0.717) is 29.0 Å². The monoisotopic (exact) mass is 316 g/mol. The van der Waals surface area contributed by atoms with Gasteiger partial charge in [-0.3, -0.25) is 9.78 Å². The van der Waals surface area contributed by atoms with Crippen LogP contribution >= 0.6 is 11.6 Å². The first kappa shape index (κ1) is 14.4. The Bertz CT molecular complexity index is 862. The van der Waals surface area contributed by atoms with E-state index in [1.165, 1.54) is 7.11 Å². The topological polar surface area (TPSA) is 64.2 Å². The van der Waals surface area contributed by atoms with E-state index < -0.39 is 0 Å². The molecule has 5 nitrogen and oxygen atoms in total. The molecule has 22 heavy (non-hydrogen) atoms. The summed E-state index contributed by atoms with van der Waals surface area (Å²) in [6.07, 6.45) is 0. The third kappa shape index (κ3) is 2.89. The molecule has 0 spiro atoms. The number of nitrogens with one attached hydrogen (secondary N) is 1. The van der Waals surface area contributed by atoms with E-state index in [1.54, 1.807) is 12.1 Å². The van der Waals surface area contributed by atoms with Crippen molar-refractivity contribution in [1.29, 1.82) is 0 Å². The summed E-state index contributed by atoms with van der Waals surface area (Å²) in [6.45, 7) is 0.377. The second-order valence-electron chi connectivity index (χ2n) is 4.65. The van der Waals surface area contributed by atoms with Gasteiger partial charge in [0.25, 0.3) is 5.56 Å². The fraction of sp³-hybridized carbons (Fsp3) is 0.125. The SMILES string of the molecule is COc1cc2nc(Cl)[nH]c(=O)c2cc1OCc1ccccc1. The van der Waals surface area contributed by atoms with Crippen LogP contribution < -0.4 is 15.0 Å². The maximum absolute atomic E-state index is 11.9. The summed E-state index contributed by atoms with van der Waals surface area (Å²) in [6, 6.07) is 13.0. The molecule has 1 N–H and O–H groups in total. The van der Waals surface area contributed by atoms with Crippen molar-refractivity contribution in [3.63, 3.8) is 0 Å². The Morgan fingerprint density at radius 3 is 2.68 bits per heavy atom. The number of benzene rings is 2. The van der Waals surface area contributed by atoms with Gasteiger partial charge < -0.3 is 9.47 Å². The van der Waals surface area contributed by atoms with Crippen LogP contribution in [0, 0.1) is 0 Å². The number of fused-ring (bicyclic) bond motifs is 1. The van der Waals surface area contributed by atoms with Crippen LogP contribution in [0.3, 0.4) is 0 Å². The first-order chi connectivity index (χ1) is 10.7. The standard InChI is InChI=1S/C16H13ClN2O3/c1-21-13-8-12-11(15(20)19-16(17)18-12)7-14(13)22-9-10-5-3-2-4-6-10/h2-8H,9H2,1H3,(H,18,19,20). The van der Waals surface area contributed by atoms with Gasteiger partial charge in [-0.05, 0) is 23.2 Å². The number of nitrogens with zero attached hydrogens (tertiary/aromatic N) is 1. The fourth-order valence-electron chi connectivity index (χ4n) is 2.13. The van der Waals surface area contributed by atoms with Crippen molar-refractivity contribution in [2.24, 2.45) is 0 Å². The van der Waals surface area contributed by atoms with Crippen molar-refractivity contribution in [2.45, 2.75) is 6.61 Å². The lowest BCUT2D eigenvalue weighted by molar-refractivity contribution is 0.285. The van der Waals surface area contributed by atoms with Gasteiger partial charge >= 0.3 is 0 Å². The maximum atomic E-state index is 11.9. The number of hydrogen-bond acceptors (Lipinski definition) is 4. The summed E-state index contributed by atoms with van der Waals surface area (Å²) in [7, 11) is 1.53. The number of ether oxygens (including phenoxy) is 2. The molecule has 6 heteroatoms. The Balaban J connectivity index is 1.99. The van der Waals surface area contributed by atoms with E-state index in [1.807, 2.05) is 30.3 Å². The molecule has 0 bridgehead atoms. The average Bonchev–Trinajstić information content (AvgIpc) is 2.53. The lowest BCUT2D eigenvalue weighted by Gasteiger charge is -2.11. The molecule has 0 unspecified atom stereocenters. The van der Waals surface area contributed by atoms with Crippen molar-refractivity contribution in [1.82, 2.24) is 9.97 Å². The Labute approximate surface area is 131 Å². The molecule has 1 heterocycles. The first-order valence-corrected chi connectivity index (χ1v) is 6.99. The van der Waals surface area contributed by atoms with E-state index in [4.69, 9.17) is 21.1 Å². The average molecular weight is 317 g/mol. The molecule has 3 rings (SSSR count). The normalized spacial score (nSPS) is 10.6. The second-order valence-corrected chi connectivity index (χ2v) is 5.01. The second kappa shape index (κ2) is 6.07. The molecular weight excluding hydrogens is 304 g/mol. The van der Waals surface area contributed by atoms with E-state index in [0.717, 1.165) is 5.56 Å². The zero-order chi connectivity index (χ0) is 15.5. The molecule has 0 atom stereocenters. The molecule has 1 aromatic heterocycles. The zero-order valence-corrected chi connectivity index (χ0v) is 12.6. The van der Waals surface area contributed by atoms with Gasteiger partial charge in [0.1, 0.15) is 6.61 Å². The Hall–Kier alpha value is -2.53. The van der Waals surface area contributed by atoms with Crippen molar-refractivity contribution >= 4 is 22.5 Å². The molecule has 0 aliphatic rings. The van der Waals surface area contributed by atoms with Gasteiger partial charge in [0.05, 0.1) is 18.0 Å². The van der Waals surface area contributed by atoms with Crippen molar-refractivity contribution in [3.8, 4) is 11.5 Å². The molecule has 0 radical (unpaired) electrons. The Morgan fingerprint density at radius 1 is 1.18 bits per heavy atom. The minimum Gasteiger partial charge on any atom is -0.493 e. The highest BCUT2D eigenvalue weighted by molar-refractivity contribution is 6.28. The molecule has 0 aliphatic heterocycles. The van der Waals surface area contributed by atoms with Crippen LogP contribution in [0.5, 0.6) is 11.5 Å². The van der Waals surface area contributed by atoms with Crippen LogP contribution in [0.15, 0.2) is 47.3 Å². The zero-order valence-electron chi connectivity index (χ0n) is 11.8. The highest BCUT2D eigenvalue weighted by atomic mass is 35.5. The Kier molecular flexibility index (Phi) is 3.98. The summed E-state index contributed by atoms with van der Waals surface area (Å²) in [5.41, 5.74) is 1.16. The van der Waals surface area contributed by atoms with Gasteiger partial charge in [-0.25, -0.2) is 4.98 Å². The van der Waals surface area contributed by atoms with E-state index in [2.05, 4.69) is 9.97 Å². The van der Waals surface area contributed by atoms with Gasteiger partial charge in [-0.2, -0.15) is 0 Å². The van der Waals surface area contributed by atoms with Gasteiger partial charge in [0, 0.05) is 6.07 Å². The third-order valence-electron chi connectivity index (χ3n) is 3.20. The van der Waals surface area contributed by atoms with Crippen LogP contribution in [0.2, 0.25) is 5.28 Å². The van der Waals surface area contributed by atoms with Crippen molar-refractivity contribution in [3.05, 3.63) is 63.7 Å². The predicted octanol–water partition coefficient (Wildman–Crippen LogP) is 3.16. The largest absolute Gasteiger partial charge is 0.493 e. The fourth-order valence-corrected chi connectivity index (χ4v) is 2.30. The molecule has 3 aromatic rings. The summed E-state index contributed by atoms with van der Waals surface area (Å²) >= 11 is 5.76. The molecule has 0 saturated heterocycles. The van der Waals surface area contributed by atoms with Crippen LogP contribution in [-0.4, -0.2) is 17.1 Å².